The number of esters is 1. The maximum absolute atomic E-state index is 12.8. The summed E-state index contributed by atoms with van der Waals surface area (Å²) in [6.07, 6.45) is 0. The fourth-order valence-corrected chi connectivity index (χ4v) is 4.21. The number of rotatable bonds is 11. The van der Waals surface area contributed by atoms with E-state index in [1.807, 2.05) is 18.2 Å². The van der Waals surface area contributed by atoms with Crippen LogP contribution in [0.5, 0.6) is 5.75 Å². The van der Waals surface area contributed by atoms with Gasteiger partial charge in [0, 0.05) is 50.8 Å². The number of piperazine rings is 1. The lowest BCUT2D eigenvalue weighted by molar-refractivity contribution is -0.141. The van der Waals surface area contributed by atoms with Crippen molar-refractivity contribution in [2.24, 2.45) is 0 Å². The molecule has 37 heavy (non-hydrogen) atoms. The van der Waals surface area contributed by atoms with Crippen LogP contribution in [-0.2, 0) is 20.9 Å². The predicted molar refractivity (Wildman–Crippen MR) is 142 cm³/mol. The van der Waals surface area contributed by atoms with Gasteiger partial charge < -0.3 is 20.1 Å². The van der Waals surface area contributed by atoms with Crippen LogP contribution in [0.4, 0.5) is 0 Å². The molecule has 3 rings (SSSR count). The number of halogens is 3. The largest absolute Gasteiger partial charge is 0.483 e. The van der Waals surface area contributed by atoms with E-state index in [9.17, 15) is 14.4 Å². The standard InChI is InChI=1S/C25H29Cl3N4O5/c1-36-24(34)14-30-23(33)16-37-22-13-18(26)3-4-19(22)25(35)29-6-7-31-8-10-32(11-9-31)15-17-2-5-20(27)21(28)12-17/h2-5,12-13H,6-11,14-16H2,1H3,(H,29,35)(H,30,33). The zero-order valence-corrected chi connectivity index (χ0v) is 22.7. The first-order valence-corrected chi connectivity index (χ1v) is 12.8. The Morgan fingerprint density at radius 1 is 0.919 bits per heavy atom. The molecule has 1 aliphatic heterocycles. The Hall–Kier alpha value is -2.56. The first kappa shape index (κ1) is 29.0. The van der Waals surface area contributed by atoms with E-state index in [2.05, 4.69) is 25.2 Å². The molecule has 0 saturated carbocycles. The molecule has 0 aromatic heterocycles. The molecule has 0 atom stereocenters. The van der Waals surface area contributed by atoms with Gasteiger partial charge in [0.1, 0.15) is 12.3 Å². The number of nitrogens with one attached hydrogen (secondary N) is 2. The molecule has 1 saturated heterocycles. The number of hydrogen-bond acceptors (Lipinski definition) is 7. The Labute approximate surface area is 230 Å². The van der Waals surface area contributed by atoms with E-state index in [0.29, 0.717) is 28.2 Å². The van der Waals surface area contributed by atoms with Gasteiger partial charge in [-0.05, 0) is 35.9 Å². The Morgan fingerprint density at radius 2 is 1.65 bits per heavy atom. The highest BCUT2D eigenvalue weighted by molar-refractivity contribution is 6.42. The first-order valence-electron chi connectivity index (χ1n) is 11.7. The second kappa shape index (κ2) is 14.4. The van der Waals surface area contributed by atoms with E-state index in [1.54, 1.807) is 12.1 Å². The van der Waals surface area contributed by atoms with Crippen LogP contribution in [0.2, 0.25) is 15.1 Å². The Kier molecular flexibility index (Phi) is 11.3. The van der Waals surface area contributed by atoms with Gasteiger partial charge in [0.05, 0.1) is 22.7 Å². The molecule has 1 aliphatic rings. The first-order chi connectivity index (χ1) is 17.7. The minimum atomic E-state index is -0.580. The minimum absolute atomic E-state index is 0.175. The van der Waals surface area contributed by atoms with Crippen LogP contribution in [0.1, 0.15) is 15.9 Å². The zero-order valence-electron chi connectivity index (χ0n) is 20.4. The van der Waals surface area contributed by atoms with Crippen LogP contribution in [0.25, 0.3) is 0 Å². The van der Waals surface area contributed by atoms with Crippen LogP contribution in [0.3, 0.4) is 0 Å². The number of methoxy groups -OCH3 is 1. The topological polar surface area (TPSA) is 100 Å². The third-order valence-corrected chi connectivity index (χ3v) is 6.75. The van der Waals surface area contributed by atoms with Gasteiger partial charge >= 0.3 is 5.97 Å². The molecular weight excluding hydrogens is 543 g/mol. The van der Waals surface area contributed by atoms with Gasteiger partial charge in [-0.1, -0.05) is 40.9 Å². The van der Waals surface area contributed by atoms with Gasteiger partial charge in [-0.3, -0.25) is 24.2 Å². The Morgan fingerprint density at radius 3 is 2.35 bits per heavy atom. The van der Waals surface area contributed by atoms with Crippen molar-refractivity contribution < 1.29 is 23.9 Å². The molecule has 0 unspecified atom stereocenters. The normalized spacial score (nSPS) is 14.2. The van der Waals surface area contributed by atoms with Gasteiger partial charge in [0.15, 0.2) is 6.61 Å². The van der Waals surface area contributed by atoms with E-state index in [-0.39, 0.29) is 30.4 Å². The number of ether oxygens (including phenoxy) is 2. The average molecular weight is 572 g/mol. The number of nitrogens with zero attached hydrogens (tertiary/aromatic N) is 2. The van der Waals surface area contributed by atoms with E-state index < -0.39 is 11.9 Å². The van der Waals surface area contributed by atoms with Gasteiger partial charge in [0.2, 0.25) is 0 Å². The summed E-state index contributed by atoms with van der Waals surface area (Å²) in [5.41, 5.74) is 1.38. The van der Waals surface area contributed by atoms with Crippen molar-refractivity contribution in [1.82, 2.24) is 20.4 Å². The van der Waals surface area contributed by atoms with Crippen molar-refractivity contribution in [3.05, 3.63) is 62.6 Å². The molecule has 2 amide bonds. The maximum Gasteiger partial charge on any atom is 0.325 e. The maximum atomic E-state index is 12.8. The van der Waals surface area contributed by atoms with Gasteiger partial charge in [-0.25, -0.2) is 0 Å². The van der Waals surface area contributed by atoms with Crippen molar-refractivity contribution in [3.63, 3.8) is 0 Å². The number of carbonyl (C=O) groups is 3. The fraction of sp³-hybridized carbons (Fsp3) is 0.400. The molecule has 1 heterocycles. The molecule has 12 heteroatoms. The summed E-state index contributed by atoms with van der Waals surface area (Å²) in [6.45, 7) is 4.87. The summed E-state index contributed by atoms with van der Waals surface area (Å²) in [6, 6.07) is 10.3. The van der Waals surface area contributed by atoms with Crippen LogP contribution in [-0.4, -0.2) is 87.1 Å². The highest BCUT2D eigenvalue weighted by Crippen LogP contribution is 2.24. The van der Waals surface area contributed by atoms with Crippen LogP contribution in [0, 0.1) is 0 Å². The lowest BCUT2D eigenvalue weighted by Crippen LogP contribution is -2.48. The van der Waals surface area contributed by atoms with E-state index in [4.69, 9.17) is 39.5 Å². The molecule has 9 nitrogen and oxygen atoms in total. The average Bonchev–Trinajstić information content (AvgIpc) is 2.89. The smallest absolute Gasteiger partial charge is 0.325 e. The second-order valence-corrected chi connectivity index (χ2v) is 9.66. The van der Waals surface area contributed by atoms with Crippen molar-refractivity contribution in [2.45, 2.75) is 6.54 Å². The molecule has 0 bridgehead atoms. The summed E-state index contributed by atoms with van der Waals surface area (Å²) in [4.78, 5) is 40.5. The molecule has 200 valence electrons. The summed E-state index contributed by atoms with van der Waals surface area (Å²) >= 11 is 18.2. The molecule has 2 aromatic rings. The van der Waals surface area contributed by atoms with E-state index >= 15 is 0 Å². The quantitative estimate of drug-likeness (QED) is 0.400. The highest BCUT2D eigenvalue weighted by Gasteiger charge is 2.19. The lowest BCUT2D eigenvalue weighted by atomic mass is 10.2. The number of carbonyl (C=O) groups excluding carboxylic acids is 3. The molecule has 0 aliphatic carbocycles. The summed E-state index contributed by atoms with van der Waals surface area (Å²) in [5, 5.41) is 6.74. The van der Waals surface area contributed by atoms with Gasteiger partial charge in [-0.15, -0.1) is 0 Å². The number of amides is 2. The molecular formula is C25H29Cl3N4O5. The number of benzene rings is 2. The molecule has 0 radical (unpaired) electrons. The molecule has 0 spiro atoms. The summed E-state index contributed by atoms with van der Waals surface area (Å²) in [5.74, 6) is -1.27. The van der Waals surface area contributed by atoms with Crippen molar-refractivity contribution >= 4 is 52.6 Å². The van der Waals surface area contributed by atoms with Gasteiger partial charge in [0.25, 0.3) is 11.8 Å². The van der Waals surface area contributed by atoms with E-state index in [1.165, 1.54) is 13.2 Å². The minimum Gasteiger partial charge on any atom is -0.483 e. The third-order valence-electron chi connectivity index (χ3n) is 5.77. The van der Waals surface area contributed by atoms with Crippen LogP contribution >= 0.6 is 34.8 Å². The molecule has 2 aromatic carbocycles. The van der Waals surface area contributed by atoms with Crippen LogP contribution in [0.15, 0.2) is 36.4 Å². The van der Waals surface area contributed by atoms with Crippen molar-refractivity contribution in [3.8, 4) is 5.75 Å². The SMILES string of the molecule is COC(=O)CNC(=O)COc1cc(Cl)ccc1C(=O)NCCN1CCN(Cc2ccc(Cl)c(Cl)c2)CC1. The summed E-state index contributed by atoms with van der Waals surface area (Å²) < 4.78 is 9.97. The lowest BCUT2D eigenvalue weighted by Gasteiger charge is -2.34. The van der Waals surface area contributed by atoms with E-state index in [0.717, 1.165) is 38.3 Å². The van der Waals surface area contributed by atoms with Crippen LogP contribution < -0.4 is 15.4 Å². The Balaban J connectivity index is 1.42. The van der Waals surface area contributed by atoms with Crippen molar-refractivity contribution in [2.75, 3.05) is 59.5 Å². The third kappa shape index (κ3) is 9.36. The fourth-order valence-electron chi connectivity index (χ4n) is 3.73. The van der Waals surface area contributed by atoms with Crippen molar-refractivity contribution in [1.29, 1.82) is 0 Å². The highest BCUT2D eigenvalue weighted by atomic mass is 35.5. The molecule has 2 N–H and O–H groups in total. The zero-order chi connectivity index (χ0) is 26.8. The summed E-state index contributed by atoms with van der Waals surface area (Å²) in [7, 11) is 1.22. The monoisotopic (exact) mass is 570 g/mol. The predicted octanol–water partition coefficient (Wildman–Crippen LogP) is 2.86. The van der Waals surface area contributed by atoms with Gasteiger partial charge in [-0.2, -0.15) is 0 Å². The number of hydrogen-bond donors (Lipinski definition) is 2. The Bertz CT molecular complexity index is 1110. The second-order valence-electron chi connectivity index (χ2n) is 8.40. The molecule has 1 fully saturated rings.